The number of aliphatic hydroxyl groups is 1. The highest BCUT2D eigenvalue weighted by Gasteiger charge is 2.54. The molecule has 2 N–H and O–H groups in total. The van der Waals surface area contributed by atoms with Crippen LogP contribution in [0.4, 0.5) is 18.9 Å². The lowest BCUT2D eigenvalue weighted by molar-refractivity contribution is -0.0870. The summed E-state index contributed by atoms with van der Waals surface area (Å²) in [5.41, 5.74) is -0.914. The van der Waals surface area contributed by atoms with Gasteiger partial charge in [-0.1, -0.05) is 17.7 Å². The number of hydrogen-bond acceptors (Lipinski definition) is 6. The number of sulfone groups is 1. The number of nitrogens with one attached hydrogen (secondary N) is 1. The van der Waals surface area contributed by atoms with E-state index in [1.807, 2.05) is 12.1 Å². The summed E-state index contributed by atoms with van der Waals surface area (Å²) < 4.78 is 73.8. The Morgan fingerprint density at radius 2 is 1.75 bits per heavy atom. The van der Waals surface area contributed by atoms with E-state index in [1.54, 1.807) is 12.3 Å². The number of fused-ring (bicyclic) bond motifs is 2. The maximum absolute atomic E-state index is 13.9. The minimum atomic E-state index is -4.03. The molecule has 2 aromatic carbocycles. The fraction of sp³-hybridized carbons (Fsp3) is 0.357. The Hall–Kier alpha value is -2.99. The molecule has 12 heteroatoms. The molecule has 0 aliphatic heterocycles. The van der Waals surface area contributed by atoms with Crippen molar-refractivity contribution >= 4 is 33.0 Å². The largest absolute Gasteiger partial charge is 0.387 e. The Kier molecular flexibility index (Phi) is 7.93. The maximum Gasteiger partial charge on any atom is 0.255 e. The molecular formula is C28H26ClF3N2O5S. The van der Waals surface area contributed by atoms with E-state index in [4.69, 9.17) is 16.3 Å². The molecule has 2 aliphatic carbocycles. The molecule has 2 aliphatic rings. The Morgan fingerprint density at radius 1 is 1.07 bits per heavy atom. The molecule has 1 heterocycles. The van der Waals surface area contributed by atoms with Gasteiger partial charge in [-0.2, -0.15) is 0 Å². The smallest absolute Gasteiger partial charge is 0.255 e. The van der Waals surface area contributed by atoms with E-state index in [1.165, 1.54) is 12.1 Å². The predicted octanol–water partition coefficient (Wildman–Crippen LogP) is 5.31. The highest BCUT2D eigenvalue weighted by Crippen LogP contribution is 2.51. The number of rotatable bonds is 8. The molecular weight excluding hydrogens is 569 g/mol. The van der Waals surface area contributed by atoms with Gasteiger partial charge in [0.1, 0.15) is 0 Å². The molecule has 0 radical (unpaired) electrons. The van der Waals surface area contributed by atoms with Gasteiger partial charge < -0.3 is 15.2 Å². The molecule has 2 saturated carbocycles. The summed E-state index contributed by atoms with van der Waals surface area (Å²) in [7, 11) is -4.03. The molecule has 2 atom stereocenters. The molecule has 2 unspecified atom stereocenters. The molecule has 1 amide bonds. The number of ether oxygens (including phenoxy) is 1. The van der Waals surface area contributed by atoms with Crippen LogP contribution < -0.4 is 5.32 Å². The number of anilines is 1. The maximum atomic E-state index is 13.9. The van der Waals surface area contributed by atoms with Gasteiger partial charge in [-0.15, -0.1) is 0 Å². The molecule has 212 valence electrons. The van der Waals surface area contributed by atoms with Crippen LogP contribution in [0.2, 0.25) is 5.02 Å². The Morgan fingerprint density at radius 3 is 2.38 bits per heavy atom. The number of hydrogen-bond donors (Lipinski definition) is 2. The van der Waals surface area contributed by atoms with Gasteiger partial charge in [-0.25, -0.2) is 21.6 Å². The number of halogens is 4. The second-order valence-electron chi connectivity index (χ2n) is 10.4. The molecule has 1 aromatic heterocycles. The molecule has 0 spiro atoms. The van der Waals surface area contributed by atoms with Crippen LogP contribution in [-0.2, 0) is 21.2 Å². The highest BCUT2D eigenvalue weighted by atomic mass is 35.5. The highest BCUT2D eigenvalue weighted by molar-refractivity contribution is 7.92. The molecule has 2 bridgehead atoms. The predicted molar refractivity (Wildman–Crippen MR) is 141 cm³/mol. The summed E-state index contributed by atoms with van der Waals surface area (Å²) in [5.74, 6) is -6.18. The van der Waals surface area contributed by atoms with Crippen LogP contribution in [0.5, 0.6) is 0 Å². The summed E-state index contributed by atoms with van der Waals surface area (Å²) in [5, 5.41) is 12.6. The van der Waals surface area contributed by atoms with Crippen molar-refractivity contribution in [3.63, 3.8) is 0 Å². The lowest BCUT2D eigenvalue weighted by Crippen LogP contribution is -2.48. The number of aromatic nitrogens is 1. The van der Waals surface area contributed by atoms with Gasteiger partial charge in [0.05, 0.1) is 39.7 Å². The van der Waals surface area contributed by atoms with Crippen LogP contribution in [0.3, 0.4) is 0 Å². The average molecular weight is 595 g/mol. The third-order valence-corrected chi connectivity index (χ3v) is 10.4. The molecule has 3 aromatic rings. The molecule has 5 rings (SSSR count). The lowest BCUT2D eigenvalue weighted by Gasteiger charge is -2.40. The van der Waals surface area contributed by atoms with Gasteiger partial charge in [-0.05, 0) is 67.9 Å². The van der Waals surface area contributed by atoms with E-state index in [2.05, 4.69) is 10.3 Å². The Labute approximate surface area is 234 Å². The quantitative estimate of drug-likeness (QED) is 0.342. The number of carbonyl (C=O) groups is 1. The summed E-state index contributed by atoms with van der Waals surface area (Å²) in [4.78, 5) is 16.7. The summed E-state index contributed by atoms with van der Waals surface area (Å²) in [6, 6.07) is 10.3. The van der Waals surface area contributed by atoms with E-state index in [-0.39, 0.29) is 59.1 Å². The van der Waals surface area contributed by atoms with Gasteiger partial charge in [0.25, 0.3) is 5.91 Å². The monoisotopic (exact) mass is 594 g/mol. The van der Waals surface area contributed by atoms with E-state index in [0.717, 1.165) is 11.8 Å². The molecule has 7 nitrogen and oxygen atoms in total. The van der Waals surface area contributed by atoms with Crippen molar-refractivity contribution < 1.29 is 36.2 Å². The number of pyridine rings is 1. The lowest BCUT2D eigenvalue weighted by atomic mass is 9.77. The average Bonchev–Trinajstić information content (AvgIpc) is 3.21. The standard InChI is InChI=1S/C28H26ClF3N2O5S/c29-21-7-6-16(27(35)34-20-10-22(30)25(32)23(31)11-20)9-24(21)40(37,38)26-17-4-5-18(26)13-28(36,12-17)15-39-14-19-3-1-2-8-33-19/h1-3,6-11,17-18,26,36H,4-5,12-15H2,(H,34,35)/t17?,18?,26-,28-. The third-order valence-electron chi connectivity index (χ3n) is 7.57. The van der Waals surface area contributed by atoms with Crippen LogP contribution in [0.1, 0.15) is 41.7 Å². The van der Waals surface area contributed by atoms with E-state index in [9.17, 15) is 31.5 Å². The number of nitrogens with zero attached hydrogens (tertiary/aromatic N) is 1. The number of amides is 1. The number of benzene rings is 2. The van der Waals surface area contributed by atoms with Gasteiger partial charge in [0, 0.05) is 29.6 Å². The van der Waals surface area contributed by atoms with Crippen molar-refractivity contribution in [3.05, 3.63) is 88.5 Å². The third kappa shape index (κ3) is 5.74. The van der Waals surface area contributed by atoms with Crippen LogP contribution in [0, 0.1) is 29.3 Å². The van der Waals surface area contributed by atoms with Crippen LogP contribution >= 0.6 is 11.6 Å². The number of carbonyl (C=O) groups excluding carboxylic acids is 1. The first kappa shape index (κ1) is 28.5. The van der Waals surface area contributed by atoms with Gasteiger partial charge in [0.15, 0.2) is 27.3 Å². The van der Waals surface area contributed by atoms with Crippen molar-refractivity contribution in [2.24, 2.45) is 11.8 Å². The van der Waals surface area contributed by atoms with Crippen molar-refractivity contribution in [3.8, 4) is 0 Å². The van der Waals surface area contributed by atoms with Crippen molar-refractivity contribution in [1.29, 1.82) is 0 Å². The van der Waals surface area contributed by atoms with Gasteiger partial charge in [-0.3, -0.25) is 9.78 Å². The van der Waals surface area contributed by atoms with Crippen LogP contribution in [0.25, 0.3) is 0 Å². The van der Waals surface area contributed by atoms with E-state index >= 15 is 0 Å². The Balaban J connectivity index is 1.32. The van der Waals surface area contributed by atoms with Crippen molar-refractivity contribution in [2.45, 2.75) is 48.0 Å². The first-order valence-electron chi connectivity index (χ1n) is 12.7. The zero-order chi connectivity index (χ0) is 28.7. The normalized spacial score (nSPS) is 24.2. The van der Waals surface area contributed by atoms with Crippen molar-refractivity contribution in [1.82, 2.24) is 4.98 Å². The van der Waals surface area contributed by atoms with Crippen molar-refractivity contribution in [2.75, 3.05) is 11.9 Å². The fourth-order valence-corrected chi connectivity index (χ4v) is 8.77. The summed E-state index contributed by atoms with van der Waals surface area (Å²) >= 11 is 6.30. The van der Waals surface area contributed by atoms with E-state index < -0.39 is 44.0 Å². The van der Waals surface area contributed by atoms with Crippen LogP contribution in [0.15, 0.2) is 59.6 Å². The molecule has 2 fully saturated rings. The Bertz CT molecular complexity index is 1500. The topological polar surface area (TPSA) is 106 Å². The molecule has 0 saturated heterocycles. The first-order chi connectivity index (χ1) is 19.0. The zero-order valence-electron chi connectivity index (χ0n) is 21.1. The zero-order valence-corrected chi connectivity index (χ0v) is 22.7. The fourth-order valence-electron chi connectivity index (χ4n) is 5.93. The van der Waals surface area contributed by atoms with Gasteiger partial charge >= 0.3 is 0 Å². The summed E-state index contributed by atoms with van der Waals surface area (Å²) in [6.07, 6.45) is 3.33. The minimum absolute atomic E-state index is 0.0460. The minimum Gasteiger partial charge on any atom is -0.387 e. The first-order valence-corrected chi connectivity index (χ1v) is 14.6. The second-order valence-corrected chi connectivity index (χ2v) is 12.9. The van der Waals surface area contributed by atoms with E-state index in [0.29, 0.717) is 25.0 Å². The van der Waals surface area contributed by atoms with Gasteiger partial charge in [0.2, 0.25) is 0 Å². The van der Waals surface area contributed by atoms with Crippen LogP contribution in [-0.4, -0.2) is 41.9 Å². The summed E-state index contributed by atoms with van der Waals surface area (Å²) in [6.45, 7) is 0.270. The second kappa shape index (κ2) is 11.1. The molecule has 40 heavy (non-hydrogen) atoms. The SMILES string of the molecule is O=C(Nc1cc(F)c(F)c(F)c1)c1ccc(Cl)c(S(=O)(=O)[C@H]2C3CCC2C[C@](O)(COCc2ccccn2)C3)c1.